The summed E-state index contributed by atoms with van der Waals surface area (Å²) in [7, 11) is 3.11. The van der Waals surface area contributed by atoms with E-state index >= 15 is 0 Å². The maximum absolute atomic E-state index is 12.2. The van der Waals surface area contributed by atoms with Gasteiger partial charge in [0.25, 0.3) is 0 Å². The number of ether oxygens (including phenoxy) is 1. The number of nitrogens with one attached hydrogen (secondary N) is 1. The molecule has 0 radical (unpaired) electrons. The third-order valence-corrected chi connectivity index (χ3v) is 3.72. The Hall–Kier alpha value is -3.61. The molecule has 7 nitrogen and oxygen atoms in total. The molecule has 2 rings (SSSR count). The van der Waals surface area contributed by atoms with E-state index in [0.717, 1.165) is 5.56 Å². The first kappa shape index (κ1) is 19.7. The number of hydrogen-bond donors (Lipinski definition) is 2. The molecule has 0 saturated heterocycles. The van der Waals surface area contributed by atoms with Crippen LogP contribution in [0.3, 0.4) is 0 Å². The molecule has 0 aliphatic heterocycles. The average molecular weight is 367 g/mol. The number of methoxy groups -OCH3 is 1. The van der Waals surface area contributed by atoms with Gasteiger partial charge in [-0.3, -0.25) is 14.4 Å². The monoisotopic (exact) mass is 367 g/mol. The highest BCUT2D eigenvalue weighted by atomic mass is 16.5. The van der Waals surface area contributed by atoms with Crippen molar-refractivity contribution in [1.82, 2.24) is 4.90 Å². The quantitative estimate of drug-likeness (QED) is 0.730. The Morgan fingerprint density at radius 2 is 1.85 bits per heavy atom. The van der Waals surface area contributed by atoms with Crippen LogP contribution in [0, 0.1) is 0 Å². The summed E-state index contributed by atoms with van der Waals surface area (Å²) >= 11 is 0. The average Bonchev–Trinajstić information content (AvgIpc) is 2.66. The van der Waals surface area contributed by atoms with Crippen molar-refractivity contribution in [2.45, 2.75) is 0 Å². The zero-order valence-corrected chi connectivity index (χ0v) is 15.1. The molecule has 27 heavy (non-hydrogen) atoms. The highest BCUT2D eigenvalue weighted by Crippen LogP contribution is 2.14. The number of amides is 3. The van der Waals surface area contributed by atoms with E-state index < -0.39 is 5.91 Å². The number of rotatable bonds is 7. The van der Waals surface area contributed by atoms with Crippen LogP contribution >= 0.6 is 0 Å². The minimum absolute atomic E-state index is 0.112. The largest absolute Gasteiger partial charge is 0.497 e. The number of carbonyl (C=O) groups excluding carboxylic acids is 3. The molecule has 0 heterocycles. The summed E-state index contributed by atoms with van der Waals surface area (Å²) < 4.78 is 5.13. The molecule has 140 valence electrons. The molecule has 0 aliphatic rings. The van der Waals surface area contributed by atoms with Gasteiger partial charge in [0.2, 0.25) is 17.7 Å². The molecule has 0 aromatic heterocycles. The predicted octanol–water partition coefficient (Wildman–Crippen LogP) is 1.90. The van der Waals surface area contributed by atoms with Crippen LogP contribution in [0.1, 0.15) is 15.9 Å². The van der Waals surface area contributed by atoms with Crippen molar-refractivity contribution in [1.29, 1.82) is 0 Å². The number of primary amides is 1. The van der Waals surface area contributed by atoms with Gasteiger partial charge in [0.05, 0.1) is 13.7 Å². The van der Waals surface area contributed by atoms with Crippen LogP contribution in [0.5, 0.6) is 5.75 Å². The number of nitrogens with two attached hydrogens (primary N) is 1. The van der Waals surface area contributed by atoms with Gasteiger partial charge in [-0.25, -0.2) is 0 Å². The van der Waals surface area contributed by atoms with E-state index in [-0.39, 0.29) is 18.4 Å². The lowest BCUT2D eigenvalue weighted by atomic mass is 10.2. The van der Waals surface area contributed by atoms with Gasteiger partial charge >= 0.3 is 0 Å². The molecule has 3 N–H and O–H groups in total. The number of hydrogen-bond acceptors (Lipinski definition) is 4. The second kappa shape index (κ2) is 9.19. The van der Waals surface area contributed by atoms with Gasteiger partial charge in [-0.15, -0.1) is 0 Å². The van der Waals surface area contributed by atoms with Gasteiger partial charge in [-0.1, -0.05) is 12.1 Å². The first-order chi connectivity index (χ1) is 12.9. The number of anilines is 1. The highest BCUT2D eigenvalue weighted by molar-refractivity contribution is 5.98. The summed E-state index contributed by atoms with van der Waals surface area (Å²) in [5.74, 6) is -0.509. The zero-order valence-electron chi connectivity index (χ0n) is 15.1. The number of nitrogens with zero attached hydrogens (tertiary/aromatic N) is 1. The van der Waals surface area contributed by atoms with E-state index in [9.17, 15) is 14.4 Å². The molecular weight excluding hydrogens is 346 g/mol. The van der Waals surface area contributed by atoms with Gasteiger partial charge in [0.1, 0.15) is 5.75 Å². The molecule has 0 atom stereocenters. The van der Waals surface area contributed by atoms with Crippen LogP contribution in [0.2, 0.25) is 0 Å². The van der Waals surface area contributed by atoms with Crippen molar-refractivity contribution >= 4 is 29.5 Å². The normalized spacial score (nSPS) is 10.4. The molecule has 2 aromatic carbocycles. The predicted molar refractivity (Wildman–Crippen MR) is 103 cm³/mol. The fourth-order valence-corrected chi connectivity index (χ4v) is 2.25. The van der Waals surface area contributed by atoms with Crippen LogP contribution in [0.15, 0.2) is 54.6 Å². The van der Waals surface area contributed by atoms with Gasteiger partial charge in [-0.05, 0) is 48.0 Å². The van der Waals surface area contributed by atoms with Crippen LogP contribution in [-0.2, 0) is 9.59 Å². The molecule has 0 aliphatic carbocycles. The standard InChI is InChI=1S/C20H21N3O4/c1-23(19(25)11-6-14-4-3-5-17(12-14)27-2)13-18(24)22-16-9-7-15(8-10-16)20(21)26/h3-12H,13H2,1-2H3,(H2,21,26)(H,22,24)/b11-6+. The summed E-state index contributed by atoms with van der Waals surface area (Å²) in [5, 5.41) is 2.66. The van der Waals surface area contributed by atoms with Crippen molar-refractivity contribution in [2.24, 2.45) is 5.73 Å². The summed E-state index contributed by atoms with van der Waals surface area (Å²) in [6.07, 6.45) is 3.05. The summed E-state index contributed by atoms with van der Waals surface area (Å²) in [4.78, 5) is 36.5. The van der Waals surface area contributed by atoms with E-state index in [2.05, 4.69) is 5.32 Å². The number of carbonyl (C=O) groups is 3. The molecule has 7 heteroatoms. The van der Waals surface area contributed by atoms with E-state index in [1.54, 1.807) is 31.4 Å². The SMILES string of the molecule is COc1cccc(/C=C/C(=O)N(C)CC(=O)Nc2ccc(C(N)=O)cc2)c1. The Balaban J connectivity index is 1.89. The topological polar surface area (TPSA) is 102 Å². The Bertz CT molecular complexity index is 860. The molecular formula is C20H21N3O4. The van der Waals surface area contributed by atoms with Gasteiger partial charge < -0.3 is 20.7 Å². The van der Waals surface area contributed by atoms with Crippen LogP contribution in [-0.4, -0.2) is 43.3 Å². The lowest BCUT2D eigenvalue weighted by Crippen LogP contribution is -2.33. The fraction of sp³-hybridized carbons (Fsp3) is 0.150. The molecule has 3 amide bonds. The number of likely N-dealkylation sites (N-methyl/N-ethyl adjacent to an activating group) is 1. The van der Waals surface area contributed by atoms with E-state index in [0.29, 0.717) is 17.0 Å². The maximum Gasteiger partial charge on any atom is 0.248 e. The Morgan fingerprint density at radius 1 is 1.15 bits per heavy atom. The minimum atomic E-state index is -0.541. The van der Waals surface area contributed by atoms with Crippen molar-refractivity contribution in [2.75, 3.05) is 26.0 Å². The maximum atomic E-state index is 12.2. The first-order valence-electron chi connectivity index (χ1n) is 8.16. The second-order valence-electron chi connectivity index (χ2n) is 5.79. The van der Waals surface area contributed by atoms with E-state index in [1.807, 2.05) is 18.2 Å². The van der Waals surface area contributed by atoms with Gasteiger partial charge in [0.15, 0.2) is 0 Å². The molecule has 0 fully saturated rings. The highest BCUT2D eigenvalue weighted by Gasteiger charge is 2.11. The van der Waals surface area contributed by atoms with Crippen molar-refractivity contribution in [3.8, 4) is 5.75 Å². The Morgan fingerprint density at radius 3 is 2.48 bits per heavy atom. The molecule has 0 saturated carbocycles. The lowest BCUT2D eigenvalue weighted by Gasteiger charge is -2.15. The number of benzene rings is 2. The van der Waals surface area contributed by atoms with Crippen molar-refractivity contribution < 1.29 is 19.1 Å². The molecule has 0 bridgehead atoms. The smallest absolute Gasteiger partial charge is 0.248 e. The Labute approximate surface area is 157 Å². The molecule has 0 unspecified atom stereocenters. The third-order valence-electron chi connectivity index (χ3n) is 3.72. The summed E-state index contributed by atoms with van der Waals surface area (Å²) in [6.45, 7) is -0.112. The van der Waals surface area contributed by atoms with E-state index in [1.165, 1.54) is 30.2 Å². The van der Waals surface area contributed by atoms with Crippen LogP contribution in [0.25, 0.3) is 6.08 Å². The van der Waals surface area contributed by atoms with E-state index in [4.69, 9.17) is 10.5 Å². The molecule has 0 spiro atoms. The van der Waals surface area contributed by atoms with Gasteiger partial charge in [0, 0.05) is 24.4 Å². The van der Waals surface area contributed by atoms with Crippen LogP contribution < -0.4 is 15.8 Å². The second-order valence-corrected chi connectivity index (χ2v) is 5.79. The fourth-order valence-electron chi connectivity index (χ4n) is 2.25. The first-order valence-corrected chi connectivity index (χ1v) is 8.16. The van der Waals surface area contributed by atoms with Crippen molar-refractivity contribution in [3.63, 3.8) is 0 Å². The third kappa shape index (κ3) is 6.00. The minimum Gasteiger partial charge on any atom is -0.497 e. The summed E-state index contributed by atoms with van der Waals surface area (Å²) in [6, 6.07) is 13.5. The van der Waals surface area contributed by atoms with Gasteiger partial charge in [-0.2, -0.15) is 0 Å². The Kier molecular flexibility index (Phi) is 6.71. The summed E-state index contributed by atoms with van der Waals surface area (Å²) in [5.41, 5.74) is 6.84. The van der Waals surface area contributed by atoms with Crippen molar-refractivity contribution in [3.05, 3.63) is 65.7 Å². The zero-order chi connectivity index (χ0) is 19.8. The lowest BCUT2D eigenvalue weighted by molar-refractivity contribution is -0.129. The van der Waals surface area contributed by atoms with Crippen LogP contribution in [0.4, 0.5) is 5.69 Å². The molecule has 2 aromatic rings.